The Labute approximate surface area is 123 Å². The number of hydrogen-bond acceptors (Lipinski definition) is 6. The first-order chi connectivity index (χ1) is 9.94. The fraction of sp³-hybridized carbons (Fsp3) is 0.538. The Hall–Kier alpha value is -1.67. The molecule has 8 heteroatoms. The minimum atomic E-state index is -3.46. The van der Waals surface area contributed by atoms with Crippen LogP contribution in [0.2, 0.25) is 0 Å². The molecule has 116 valence electrons. The Morgan fingerprint density at radius 3 is 2.81 bits per heavy atom. The van der Waals surface area contributed by atoms with Crippen molar-refractivity contribution < 1.29 is 18.1 Å². The minimum Gasteiger partial charge on any atom is -0.377 e. The fourth-order valence-corrected chi connectivity index (χ4v) is 3.10. The van der Waals surface area contributed by atoms with Gasteiger partial charge < -0.3 is 10.1 Å². The molecule has 1 saturated heterocycles. The van der Waals surface area contributed by atoms with Crippen molar-refractivity contribution in [3.05, 3.63) is 28.3 Å². The van der Waals surface area contributed by atoms with Crippen LogP contribution in [0.25, 0.3) is 0 Å². The molecule has 7 nitrogen and oxygen atoms in total. The highest BCUT2D eigenvalue weighted by Gasteiger charge is 2.22. The van der Waals surface area contributed by atoms with E-state index in [2.05, 4.69) is 5.32 Å². The Kier molecular flexibility index (Phi) is 4.79. The minimum absolute atomic E-state index is 0.0284. The van der Waals surface area contributed by atoms with Crippen LogP contribution in [0.4, 0.5) is 11.4 Å². The maximum Gasteiger partial charge on any atom is 0.293 e. The molecule has 1 N–H and O–H groups in total. The smallest absolute Gasteiger partial charge is 0.293 e. The molecule has 1 aliphatic heterocycles. The van der Waals surface area contributed by atoms with Crippen LogP contribution in [-0.4, -0.2) is 38.3 Å². The van der Waals surface area contributed by atoms with E-state index in [0.717, 1.165) is 18.9 Å². The third-order valence-electron chi connectivity index (χ3n) is 3.45. The van der Waals surface area contributed by atoms with E-state index in [1.54, 1.807) is 0 Å². The standard InChI is InChI=1S/C13H18N2O5S/c1-2-21(18,19)11-5-6-12(13(8-11)15(16)17)14-9-10-4-3-7-20-10/h5-6,8,10,14H,2-4,7,9H2,1H3. The van der Waals surface area contributed by atoms with Crippen LogP contribution in [0.3, 0.4) is 0 Å². The van der Waals surface area contributed by atoms with E-state index in [-0.39, 0.29) is 22.4 Å². The largest absolute Gasteiger partial charge is 0.377 e. The van der Waals surface area contributed by atoms with Gasteiger partial charge in [-0.1, -0.05) is 6.92 Å². The first kappa shape index (κ1) is 15.7. The number of nitrogens with one attached hydrogen (secondary N) is 1. The van der Waals surface area contributed by atoms with Gasteiger partial charge in [-0.15, -0.1) is 0 Å². The van der Waals surface area contributed by atoms with Crippen molar-refractivity contribution in [2.24, 2.45) is 0 Å². The summed E-state index contributed by atoms with van der Waals surface area (Å²) in [5.41, 5.74) is 0.0769. The van der Waals surface area contributed by atoms with Crippen LogP contribution in [0.15, 0.2) is 23.1 Å². The van der Waals surface area contributed by atoms with Crippen LogP contribution in [0, 0.1) is 10.1 Å². The second-order valence-electron chi connectivity index (χ2n) is 4.86. The molecular weight excluding hydrogens is 296 g/mol. The summed E-state index contributed by atoms with van der Waals surface area (Å²) in [7, 11) is -3.46. The molecule has 0 bridgehead atoms. The van der Waals surface area contributed by atoms with Gasteiger partial charge in [0.25, 0.3) is 5.69 Å². The number of hydrogen-bond donors (Lipinski definition) is 1. The lowest BCUT2D eigenvalue weighted by molar-refractivity contribution is -0.384. The molecule has 1 unspecified atom stereocenters. The number of anilines is 1. The lowest BCUT2D eigenvalue weighted by Crippen LogP contribution is -2.19. The summed E-state index contributed by atoms with van der Waals surface area (Å²) in [5, 5.41) is 14.1. The first-order valence-corrected chi connectivity index (χ1v) is 8.46. The van der Waals surface area contributed by atoms with Gasteiger partial charge >= 0.3 is 0 Å². The highest BCUT2D eigenvalue weighted by molar-refractivity contribution is 7.91. The Bertz CT molecular complexity index is 623. The SMILES string of the molecule is CCS(=O)(=O)c1ccc(NCC2CCCO2)c([N+](=O)[O-])c1. The third kappa shape index (κ3) is 3.70. The molecular formula is C13H18N2O5S. The molecule has 1 fully saturated rings. The van der Waals surface area contributed by atoms with E-state index < -0.39 is 14.8 Å². The van der Waals surface area contributed by atoms with Crippen molar-refractivity contribution in [1.29, 1.82) is 0 Å². The van der Waals surface area contributed by atoms with E-state index in [9.17, 15) is 18.5 Å². The maximum atomic E-state index is 11.8. The van der Waals surface area contributed by atoms with Gasteiger partial charge in [0.05, 0.1) is 21.7 Å². The number of nitrogens with zero attached hydrogens (tertiary/aromatic N) is 1. The second-order valence-corrected chi connectivity index (χ2v) is 7.13. The summed E-state index contributed by atoms with van der Waals surface area (Å²) in [5.74, 6) is -0.0904. The molecule has 0 spiro atoms. The van der Waals surface area contributed by atoms with Crippen molar-refractivity contribution in [2.45, 2.75) is 30.8 Å². The number of rotatable bonds is 6. The molecule has 0 saturated carbocycles. The van der Waals surface area contributed by atoms with E-state index in [1.807, 2.05) is 0 Å². The number of sulfone groups is 1. The van der Waals surface area contributed by atoms with E-state index in [4.69, 9.17) is 4.74 Å². The molecule has 1 atom stereocenters. The van der Waals surface area contributed by atoms with Crippen LogP contribution in [-0.2, 0) is 14.6 Å². The highest BCUT2D eigenvalue weighted by atomic mass is 32.2. The third-order valence-corrected chi connectivity index (χ3v) is 5.18. The number of nitro groups is 1. The topological polar surface area (TPSA) is 98.5 Å². The molecule has 21 heavy (non-hydrogen) atoms. The zero-order valence-corrected chi connectivity index (χ0v) is 12.6. The van der Waals surface area contributed by atoms with Crippen molar-refractivity contribution in [3.8, 4) is 0 Å². The van der Waals surface area contributed by atoms with Crippen molar-refractivity contribution >= 4 is 21.2 Å². The lowest BCUT2D eigenvalue weighted by Gasteiger charge is -2.12. The van der Waals surface area contributed by atoms with Gasteiger partial charge in [0, 0.05) is 19.2 Å². The molecule has 1 heterocycles. The Morgan fingerprint density at radius 1 is 1.48 bits per heavy atom. The lowest BCUT2D eigenvalue weighted by atomic mass is 10.2. The van der Waals surface area contributed by atoms with Crippen LogP contribution < -0.4 is 5.32 Å². The molecule has 1 aliphatic rings. The molecule has 1 aromatic carbocycles. The predicted molar refractivity (Wildman–Crippen MR) is 78.3 cm³/mol. The summed E-state index contributed by atoms with van der Waals surface area (Å²) in [6.45, 7) is 2.69. The van der Waals surface area contributed by atoms with Gasteiger partial charge in [0.1, 0.15) is 5.69 Å². The average Bonchev–Trinajstić information content (AvgIpc) is 2.98. The van der Waals surface area contributed by atoms with Gasteiger partial charge in [-0.05, 0) is 25.0 Å². The zero-order valence-electron chi connectivity index (χ0n) is 11.7. The number of nitro benzene ring substituents is 1. The van der Waals surface area contributed by atoms with Gasteiger partial charge in [-0.25, -0.2) is 8.42 Å². The summed E-state index contributed by atoms with van der Waals surface area (Å²) >= 11 is 0. The molecule has 0 radical (unpaired) electrons. The summed E-state index contributed by atoms with van der Waals surface area (Å²) in [6.07, 6.45) is 1.95. The van der Waals surface area contributed by atoms with Crippen molar-refractivity contribution in [3.63, 3.8) is 0 Å². The highest BCUT2D eigenvalue weighted by Crippen LogP contribution is 2.28. The molecule has 1 aromatic rings. The Morgan fingerprint density at radius 2 is 2.24 bits per heavy atom. The predicted octanol–water partition coefficient (Wildman–Crippen LogP) is 1.98. The summed E-state index contributed by atoms with van der Waals surface area (Å²) < 4.78 is 29.0. The zero-order chi connectivity index (χ0) is 15.5. The van der Waals surface area contributed by atoms with E-state index in [0.29, 0.717) is 18.8 Å². The number of ether oxygens (including phenoxy) is 1. The van der Waals surface area contributed by atoms with Crippen LogP contribution in [0.5, 0.6) is 0 Å². The van der Waals surface area contributed by atoms with Gasteiger partial charge in [0.2, 0.25) is 0 Å². The van der Waals surface area contributed by atoms with Crippen LogP contribution in [0.1, 0.15) is 19.8 Å². The fourth-order valence-electron chi connectivity index (χ4n) is 2.20. The average molecular weight is 314 g/mol. The Balaban J connectivity index is 2.22. The van der Waals surface area contributed by atoms with Gasteiger partial charge in [-0.3, -0.25) is 10.1 Å². The van der Waals surface area contributed by atoms with Gasteiger partial charge in [-0.2, -0.15) is 0 Å². The molecule has 0 aromatic heterocycles. The normalized spacial score (nSPS) is 18.6. The van der Waals surface area contributed by atoms with E-state index in [1.165, 1.54) is 19.1 Å². The maximum absolute atomic E-state index is 11.8. The van der Waals surface area contributed by atoms with E-state index >= 15 is 0 Å². The quantitative estimate of drug-likeness (QED) is 0.637. The number of benzene rings is 1. The van der Waals surface area contributed by atoms with Gasteiger partial charge in [0.15, 0.2) is 9.84 Å². The molecule has 2 rings (SSSR count). The molecule has 0 aliphatic carbocycles. The summed E-state index contributed by atoms with van der Waals surface area (Å²) in [4.78, 5) is 10.5. The molecule has 0 amide bonds. The summed E-state index contributed by atoms with van der Waals surface area (Å²) in [6, 6.07) is 3.94. The van der Waals surface area contributed by atoms with Crippen molar-refractivity contribution in [1.82, 2.24) is 0 Å². The monoisotopic (exact) mass is 314 g/mol. The van der Waals surface area contributed by atoms with Crippen molar-refractivity contribution in [2.75, 3.05) is 24.2 Å². The second kappa shape index (κ2) is 6.40. The van der Waals surface area contributed by atoms with Crippen LogP contribution >= 0.6 is 0 Å². The first-order valence-electron chi connectivity index (χ1n) is 6.80.